The molecule has 1 aliphatic rings. The number of rotatable bonds is 10. The van der Waals surface area contributed by atoms with Gasteiger partial charge in [-0.05, 0) is 73.4 Å². The van der Waals surface area contributed by atoms with Gasteiger partial charge in [-0.1, -0.05) is 35.9 Å². The van der Waals surface area contributed by atoms with E-state index in [-0.39, 0.29) is 30.1 Å². The topological polar surface area (TPSA) is 142 Å². The zero-order valence-corrected chi connectivity index (χ0v) is 28.3. The molecule has 1 aromatic heterocycles. The highest BCUT2D eigenvalue weighted by atomic mass is 35.5. The fourth-order valence-corrected chi connectivity index (χ4v) is 6.11. The van der Waals surface area contributed by atoms with Gasteiger partial charge in [0.2, 0.25) is 15.9 Å². The molecule has 0 saturated carbocycles. The van der Waals surface area contributed by atoms with Crippen molar-refractivity contribution in [3.8, 4) is 11.6 Å². The van der Waals surface area contributed by atoms with E-state index in [0.29, 0.717) is 48.9 Å². The molecule has 0 bridgehead atoms. The van der Waals surface area contributed by atoms with Crippen LogP contribution < -0.4 is 25.4 Å². The van der Waals surface area contributed by atoms with Crippen LogP contribution >= 0.6 is 12.4 Å². The van der Waals surface area contributed by atoms with E-state index in [1.54, 1.807) is 36.5 Å². The number of carbonyl (C=O) groups excluding carboxylic acids is 2. The highest BCUT2D eigenvalue weighted by molar-refractivity contribution is 7.92. The number of ether oxygens (including phenoxy) is 1. The molecule has 3 aromatic carbocycles. The second-order valence-corrected chi connectivity index (χ2v) is 13.2. The smallest absolute Gasteiger partial charge is 0.319 e. The molecule has 3 amide bonds. The minimum Gasteiger partial charge on any atom is -0.439 e. The van der Waals surface area contributed by atoms with Gasteiger partial charge in [-0.15, -0.1) is 12.4 Å². The summed E-state index contributed by atoms with van der Waals surface area (Å²) in [6.07, 6.45) is 4.24. The number of hydrogen-bond acceptors (Lipinski definition) is 7. The van der Waals surface area contributed by atoms with Gasteiger partial charge in [0.1, 0.15) is 11.6 Å². The summed E-state index contributed by atoms with van der Waals surface area (Å²) in [7, 11) is -1.95. The van der Waals surface area contributed by atoms with Crippen LogP contribution in [0.2, 0.25) is 0 Å². The van der Waals surface area contributed by atoms with E-state index in [1.165, 1.54) is 19.2 Å². The third-order valence-corrected chi connectivity index (χ3v) is 8.34. The van der Waals surface area contributed by atoms with Gasteiger partial charge in [0.25, 0.3) is 5.91 Å². The number of piperidine rings is 1. The molecule has 1 saturated heterocycles. The zero-order valence-electron chi connectivity index (χ0n) is 26.7. The third kappa shape index (κ3) is 9.89. The summed E-state index contributed by atoms with van der Waals surface area (Å²) in [5, 5.41) is 8.18. The number of hydrogen-bond donors (Lipinski definition) is 4. The van der Waals surface area contributed by atoms with Crippen molar-refractivity contribution in [3.05, 3.63) is 113 Å². The maximum Gasteiger partial charge on any atom is 0.319 e. The molecular weight excluding hydrogens is 659 g/mol. The first kappa shape index (κ1) is 36.1. The molecule has 2 heterocycles. The van der Waals surface area contributed by atoms with Crippen molar-refractivity contribution in [2.45, 2.75) is 38.4 Å². The van der Waals surface area contributed by atoms with Crippen LogP contribution in [-0.2, 0) is 16.6 Å². The predicted octanol–water partition coefficient (Wildman–Crippen LogP) is 6.00. The lowest BCUT2D eigenvalue weighted by Gasteiger charge is -2.40. The van der Waals surface area contributed by atoms with Crippen molar-refractivity contribution in [2.24, 2.45) is 0 Å². The molecule has 4 N–H and O–H groups in total. The zero-order chi connectivity index (χ0) is 33.6. The van der Waals surface area contributed by atoms with E-state index >= 15 is 0 Å². The molecule has 0 aliphatic carbocycles. The summed E-state index contributed by atoms with van der Waals surface area (Å²) in [5.41, 5.74) is 3.89. The molecule has 254 valence electrons. The number of benzene rings is 3. The van der Waals surface area contributed by atoms with Crippen LogP contribution in [0.3, 0.4) is 0 Å². The van der Waals surface area contributed by atoms with E-state index in [4.69, 9.17) is 4.74 Å². The van der Waals surface area contributed by atoms with Crippen molar-refractivity contribution in [1.29, 1.82) is 0 Å². The summed E-state index contributed by atoms with van der Waals surface area (Å²) in [6, 6.07) is 22.0. The number of aromatic nitrogens is 1. The van der Waals surface area contributed by atoms with Crippen LogP contribution in [0.15, 0.2) is 85.1 Å². The molecule has 0 spiro atoms. The SMILES string of the molecule is CNC(=O)c1cc(NC(=O)NC2CCN(Cc3ccc(Oc4ccc(NS(C)(=O)=O)cc4)nc3)C(c3cccc(C)c3)C2)ccc1F.Cl. The number of sulfonamides is 1. The van der Waals surface area contributed by atoms with Gasteiger partial charge in [-0.2, -0.15) is 0 Å². The highest BCUT2D eigenvalue weighted by Crippen LogP contribution is 2.33. The second-order valence-electron chi connectivity index (χ2n) is 11.5. The molecular formula is C34H38ClFN6O5S. The minimum absolute atomic E-state index is 0. The number of pyridine rings is 1. The fraction of sp³-hybridized carbons (Fsp3) is 0.265. The monoisotopic (exact) mass is 696 g/mol. The average molecular weight is 697 g/mol. The number of amides is 3. The summed E-state index contributed by atoms with van der Waals surface area (Å²) >= 11 is 0. The van der Waals surface area contributed by atoms with E-state index in [1.807, 2.05) is 25.1 Å². The lowest BCUT2D eigenvalue weighted by atomic mass is 9.90. The Kier molecular flexibility index (Phi) is 12.0. The van der Waals surface area contributed by atoms with E-state index in [2.05, 4.69) is 42.7 Å². The van der Waals surface area contributed by atoms with Crippen molar-refractivity contribution in [2.75, 3.05) is 29.9 Å². The van der Waals surface area contributed by atoms with Gasteiger partial charge < -0.3 is 20.7 Å². The Bertz CT molecular complexity index is 1840. The minimum atomic E-state index is -3.37. The summed E-state index contributed by atoms with van der Waals surface area (Å²) in [6.45, 7) is 3.40. The average Bonchev–Trinajstić information content (AvgIpc) is 3.03. The van der Waals surface area contributed by atoms with E-state index in [9.17, 15) is 22.4 Å². The number of likely N-dealkylation sites (tertiary alicyclic amines) is 1. The third-order valence-electron chi connectivity index (χ3n) is 7.73. The van der Waals surface area contributed by atoms with Gasteiger partial charge in [0, 0.05) is 55.9 Å². The number of nitrogens with zero attached hydrogens (tertiary/aromatic N) is 2. The Morgan fingerprint density at radius 3 is 2.44 bits per heavy atom. The lowest BCUT2D eigenvalue weighted by molar-refractivity contribution is 0.0959. The molecule has 11 nitrogen and oxygen atoms in total. The van der Waals surface area contributed by atoms with Crippen LogP contribution in [0.25, 0.3) is 0 Å². The van der Waals surface area contributed by atoms with Gasteiger partial charge >= 0.3 is 6.03 Å². The van der Waals surface area contributed by atoms with Crippen LogP contribution in [0.5, 0.6) is 11.6 Å². The van der Waals surface area contributed by atoms with E-state index in [0.717, 1.165) is 29.0 Å². The Balaban J connectivity index is 0.00000520. The molecule has 5 rings (SSSR count). The molecule has 2 atom stereocenters. The van der Waals surface area contributed by atoms with E-state index < -0.39 is 27.8 Å². The van der Waals surface area contributed by atoms with Gasteiger partial charge in [-0.3, -0.25) is 14.4 Å². The first-order valence-corrected chi connectivity index (χ1v) is 17.0. The standard InChI is InChI=1S/C34H37FN6O5S.ClH/c1-22-5-4-6-24(17-22)31-19-27(39-34(43)38-26-10-13-30(35)29(18-26)33(42)36-2)15-16-41(31)21-23-7-14-32(37-20-23)46-28-11-8-25(9-12-28)40-47(3,44)45;/h4-14,17-18,20,27,31,40H,15-16,19,21H2,1-3H3,(H,36,42)(H2,38,39,43);1H. The number of carbonyl (C=O) groups is 2. The van der Waals surface area contributed by atoms with Gasteiger partial charge in [0.05, 0.1) is 11.8 Å². The van der Waals surface area contributed by atoms with Crippen LogP contribution in [0.1, 0.15) is 45.9 Å². The fourth-order valence-electron chi connectivity index (χ4n) is 5.55. The molecule has 14 heteroatoms. The van der Waals surface area contributed by atoms with Crippen LogP contribution in [-0.4, -0.2) is 56.1 Å². The summed E-state index contributed by atoms with van der Waals surface area (Å²) in [4.78, 5) is 31.8. The normalized spacial score (nSPS) is 16.2. The Hall–Kier alpha value is -4.72. The number of anilines is 2. The first-order chi connectivity index (χ1) is 22.5. The van der Waals surface area contributed by atoms with Crippen molar-refractivity contribution in [3.63, 3.8) is 0 Å². The number of urea groups is 1. The Morgan fingerprint density at radius 1 is 1.02 bits per heavy atom. The number of halogens is 2. The van der Waals surface area contributed by atoms with Crippen molar-refractivity contribution < 1.29 is 27.1 Å². The number of nitrogens with one attached hydrogen (secondary N) is 4. The quantitative estimate of drug-likeness (QED) is 0.159. The maximum absolute atomic E-state index is 14.1. The second kappa shape index (κ2) is 15.9. The van der Waals surface area contributed by atoms with Crippen molar-refractivity contribution in [1.82, 2.24) is 20.5 Å². The Morgan fingerprint density at radius 2 is 1.77 bits per heavy atom. The molecule has 0 radical (unpaired) electrons. The molecule has 1 aliphatic heterocycles. The molecule has 4 aromatic rings. The first-order valence-electron chi connectivity index (χ1n) is 15.1. The molecule has 1 fully saturated rings. The largest absolute Gasteiger partial charge is 0.439 e. The maximum atomic E-state index is 14.1. The Labute approximate surface area is 285 Å². The van der Waals surface area contributed by atoms with Crippen LogP contribution in [0.4, 0.5) is 20.6 Å². The summed E-state index contributed by atoms with van der Waals surface area (Å²) in [5.74, 6) is -0.315. The highest BCUT2D eigenvalue weighted by Gasteiger charge is 2.31. The van der Waals surface area contributed by atoms with Crippen molar-refractivity contribution >= 4 is 45.7 Å². The molecule has 48 heavy (non-hydrogen) atoms. The number of aryl methyl sites for hydroxylation is 1. The predicted molar refractivity (Wildman–Crippen MR) is 186 cm³/mol. The lowest BCUT2D eigenvalue weighted by Crippen LogP contribution is -2.47. The van der Waals surface area contributed by atoms with Gasteiger partial charge in [-0.25, -0.2) is 22.6 Å². The molecule has 2 unspecified atom stereocenters. The van der Waals surface area contributed by atoms with Crippen LogP contribution in [0, 0.1) is 12.7 Å². The van der Waals surface area contributed by atoms with Gasteiger partial charge in [0.15, 0.2) is 0 Å². The summed E-state index contributed by atoms with van der Waals surface area (Å²) < 4.78 is 45.2.